The molecule has 0 radical (unpaired) electrons. The third-order valence-corrected chi connectivity index (χ3v) is 5.36. The van der Waals surface area contributed by atoms with Crippen molar-refractivity contribution in [3.8, 4) is 0 Å². The minimum absolute atomic E-state index is 0.323. The van der Waals surface area contributed by atoms with Gasteiger partial charge in [0.15, 0.2) is 0 Å². The van der Waals surface area contributed by atoms with Crippen LogP contribution in [-0.2, 0) is 11.2 Å². The number of hydrogen-bond acceptors (Lipinski definition) is 3. The Labute approximate surface area is 172 Å². The van der Waals surface area contributed by atoms with Crippen molar-refractivity contribution in [2.45, 2.75) is 24.9 Å². The van der Waals surface area contributed by atoms with Crippen LogP contribution < -0.4 is 5.73 Å². The summed E-state index contributed by atoms with van der Waals surface area (Å²) in [6, 6.07) is 11.9. The highest BCUT2D eigenvalue weighted by molar-refractivity contribution is 5.98. The number of hydrogen-bond donors (Lipinski definition) is 1. The minimum atomic E-state index is -1.14. The molecule has 1 heterocycles. The number of carbonyl (C=O) groups excluding carboxylic acids is 2. The van der Waals surface area contributed by atoms with Crippen molar-refractivity contribution < 1.29 is 18.4 Å². The lowest BCUT2D eigenvalue weighted by Gasteiger charge is -2.35. The molecule has 3 aromatic rings. The summed E-state index contributed by atoms with van der Waals surface area (Å²) in [5.41, 5.74) is 7.20. The summed E-state index contributed by atoms with van der Waals surface area (Å²) in [6.07, 6.45) is 3.67. The Balaban J connectivity index is 1.88. The highest BCUT2D eigenvalue weighted by Gasteiger charge is 2.40. The third kappa shape index (κ3) is 3.54. The Kier molecular flexibility index (Phi) is 5.27. The van der Waals surface area contributed by atoms with Crippen LogP contribution >= 0.6 is 0 Å². The fourth-order valence-corrected chi connectivity index (χ4v) is 4.08. The monoisotopic (exact) mass is 407 g/mol. The van der Waals surface area contributed by atoms with Gasteiger partial charge in [-0.05, 0) is 48.2 Å². The van der Waals surface area contributed by atoms with E-state index in [-0.39, 0.29) is 0 Å². The van der Waals surface area contributed by atoms with Gasteiger partial charge in [-0.1, -0.05) is 24.3 Å². The van der Waals surface area contributed by atoms with E-state index in [0.29, 0.717) is 35.1 Å². The first-order valence-corrected chi connectivity index (χ1v) is 9.52. The molecule has 2 aromatic carbocycles. The Morgan fingerprint density at radius 3 is 2.53 bits per heavy atom. The van der Waals surface area contributed by atoms with E-state index in [0.717, 1.165) is 6.07 Å². The summed E-state index contributed by atoms with van der Waals surface area (Å²) in [4.78, 5) is 31.4. The summed E-state index contributed by atoms with van der Waals surface area (Å²) in [5.74, 6) is -2.60. The first-order chi connectivity index (χ1) is 14.5. The maximum atomic E-state index is 14.3. The van der Waals surface area contributed by atoms with Gasteiger partial charge >= 0.3 is 0 Å². The second-order valence-electron chi connectivity index (χ2n) is 7.18. The van der Waals surface area contributed by atoms with Gasteiger partial charge in [0.25, 0.3) is 5.91 Å². The number of amides is 2. The highest BCUT2D eigenvalue weighted by Crippen LogP contribution is 2.42. The van der Waals surface area contributed by atoms with Crippen molar-refractivity contribution in [3.63, 3.8) is 0 Å². The molecule has 5 nitrogen and oxygen atoms in total. The average Bonchev–Trinajstić information content (AvgIpc) is 3.16. The van der Waals surface area contributed by atoms with E-state index in [1.54, 1.807) is 48.7 Å². The van der Waals surface area contributed by atoms with E-state index in [9.17, 15) is 18.4 Å². The summed E-state index contributed by atoms with van der Waals surface area (Å²) in [7, 11) is 0. The SMILES string of the molecule is NC(=O)[C@@H](c1cccnc1)N(C(=O)c1ccccc1)[C@@H]1CCc2c(F)cc(F)cc21. The van der Waals surface area contributed by atoms with Gasteiger partial charge in [-0.25, -0.2) is 8.78 Å². The van der Waals surface area contributed by atoms with Gasteiger partial charge in [0, 0.05) is 29.6 Å². The van der Waals surface area contributed by atoms with Gasteiger partial charge in [-0.15, -0.1) is 0 Å². The second-order valence-corrected chi connectivity index (χ2v) is 7.18. The van der Waals surface area contributed by atoms with Crippen LogP contribution in [0.25, 0.3) is 0 Å². The second kappa shape index (κ2) is 8.02. The molecule has 0 saturated carbocycles. The van der Waals surface area contributed by atoms with Crippen LogP contribution in [0, 0.1) is 11.6 Å². The number of halogens is 2. The fraction of sp³-hybridized carbons (Fsp3) is 0.174. The van der Waals surface area contributed by atoms with Crippen LogP contribution in [0.4, 0.5) is 8.78 Å². The Morgan fingerprint density at radius 2 is 1.87 bits per heavy atom. The Morgan fingerprint density at radius 1 is 1.10 bits per heavy atom. The Hall–Kier alpha value is -3.61. The molecule has 0 bridgehead atoms. The number of nitrogens with two attached hydrogens (primary N) is 1. The highest BCUT2D eigenvalue weighted by atomic mass is 19.1. The average molecular weight is 407 g/mol. The van der Waals surface area contributed by atoms with Crippen molar-refractivity contribution in [1.29, 1.82) is 0 Å². The number of aromatic nitrogens is 1. The van der Waals surface area contributed by atoms with Crippen molar-refractivity contribution >= 4 is 11.8 Å². The molecule has 152 valence electrons. The maximum Gasteiger partial charge on any atom is 0.255 e. The molecule has 1 aliphatic rings. The summed E-state index contributed by atoms with van der Waals surface area (Å²) in [5, 5.41) is 0. The molecule has 30 heavy (non-hydrogen) atoms. The lowest BCUT2D eigenvalue weighted by atomic mass is 9.98. The molecule has 2 atom stereocenters. The van der Waals surface area contributed by atoms with Crippen LogP contribution in [-0.4, -0.2) is 21.7 Å². The third-order valence-electron chi connectivity index (χ3n) is 5.36. The molecule has 2 N–H and O–H groups in total. The maximum absolute atomic E-state index is 14.3. The van der Waals surface area contributed by atoms with Gasteiger partial charge in [-0.3, -0.25) is 14.6 Å². The standard InChI is InChI=1S/C23H19F2N3O2/c24-16-11-18-17(19(25)12-16)8-9-20(18)28(23(30)14-5-2-1-3-6-14)21(22(26)29)15-7-4-10-27-13-15/h1-7,10-13,20-21H,8-9H2,(H2,26,29)/t20-,21-/m1/s1. The number of primary amides is 1. The number of carbonyl (C=O) groups is 2. The van der Waals surface area contributed by atoms with Crippen molar-refractivity contribution in [3.05, 3.63) is 101 Å². The number of fused-ring (bicyclic) bond motifs is 1. The number of benzene rings is 2. The lowest BCUT2D eigenvalue weighted by molar-refractivity contribution is -0.123. The van der Waals surface area contributed by atoms with Crippen LogP contribution in [0.1, 0.15) is 45.6 Å². The molecule has 7 heteroatoms. The zero-order chi connectivity index (χ0) is 21.3. The summed E-state index contributed by atoms with van der Waals surface area (Å²) in [6.45, 7) is 0. The zero-order valence-electron chi connectivity index (χ0n) is 16.0. The largest absolute Gasteiger partial charge is 0.368 e. The number of nitrogens with zero attached hydrogens (tertiary/aromatic N) is 2. The number of pyridine rings is 1. The summed E-state index contributed by atoms with van der Waals surface area (Å²) < 4.78 is 28.4. The normalized spacial score (nSPS) is 16.0. The van der Waals surface area contributed by atoms with Crippen LogP contribution in [0.5, 0.6) is 0 Å². The van der Waals surface area contributed by atoms with E-state index in [4.69, 9.17) is 5.73 Å². The Bertz CT molecular complexity index is 1090. The van der Waals surface area contributed by atoms with Crippen LogP contribution in [0.15, 0.2) is 67.0 Å². The molecule has 1 aliphatic carbocycles. The van der Waals surface area contributed by atoms with Crippen molar-refractivity contribution in [2.24, 2.45) is 5.73 Å². The van der Waals surface area contributed by atoms with Crippen molar-refractivity contribution in [2.75, 3.05) is 0 Å². The molecule has 0 fully saturated rings. The molecule has 4 rings (SSSR count). The fourth-order valence-electron chi connectivity index (χ4n) is 4.08. The van der Waals surface area contributed by atoms with E-state index in [1.165, 1.54) is 17.2 Å². The zero-order valence-corrected chi connectivity index (χ0v) is 16.0. The van der Waals surface area contributed by atoms with Gasteiger partial charge in [-0.2, -0.15) is 0 Å². The predicted octanol–water partition coefficient (Wildman–Crippen LogP) is 3.72. The molecular formula is C23H19F2N3O2. The van der Waals surface area contributed by atoms with E-state index >= 15 is 0 Å². The van der Waals surface area contributed by atoms with Gasteiger partial charge in [0.1, 0.15) is 17.7 Å². The van der Waals surface area contributed by atoms with Gasteiger partial charge in [0.2, 0.25) is 5.91 Å². The first kappa shape index (κ1) is 19.7. The molecule has 0 saturated heterocycles. The van der Waals surface area contributed by atoms with E-state index in [1.807, 2.05) is 0 Å². The first-order valence-electron chi connectivity index (χ1n) is 9.52. The van der Waals surface area contributed by atoms with Crippen LogP contribution in [0.3, 0.4) is 0 Å². The van der Waals surface area contributed by atoms with Crippen molar-refractivity contribution in [1.82, 2.24) is 9.88 Å². The smallest absolute Gasteiger partial charge is 0.255 e. The molecular weight excluding hydrogens is 388 g/mol. The molecule has 1 aromatic heterocycles. The van der Waals surface area contributed by atoms with Gasteiger partial charge < -0.3 is 10.6 Å². The quantitative estimate of drug-likeness (QED) is 0.700. The molecule has 0 aliphatic heterocycles. The van der Waals surface area contributed by atoms with E-state index in [2.05, 4.69) is 4.98 Å². The van der Waals surface area contributed by atoms with E-state index < -0.39 is 35.5 Å². The molecule has 0 spiro atoms. The topological polar surface area (TPSA) is 76.3 Å². The summed E-state index contributed by atoms with van der Waals surface area (Å²) >= 11 is 0. The van der Waals surface area contributed by atoms with Gasteiger partial charge in [0.05, 0.1) is 6.04 Å². The number of rotatable bonds is 5. The predicted molar refractivity (Wildman–Crippen MR) is 106 cm³/mol. The molecule has 0 unspecified atom stereocenters. The lowest BCUT2D eigenvalue weighted by Crippen LogP contribution is -2.43. The minimum Gasteiger partial charge on any atom is -0.368 e. The molecule has 2 amide bonds. The van der Waals surface area contributed by atoms with Crippen LogP contribution in [0.2, 0.25) is 0 Å².